The number of aliphatic imine (C=N–C) groups is 1. The minimum atomic E-state index is -1.73. The maximum atomic E-state index is 10.4. The first-order valence-corrected chi connectivity index (χ1v) is 8.84. The summed E-state index contributed by atoms with van der Waals surface area (Å²) in [5.74, 6) is 0. The van der Waals surface area contributed by atoms with E-state index >= 15 is 0 Å². The van der Waals surface area contributed by atoms with Gasteiger partial charge in [-0.25, -0.2) is 9.79 Å². The van der Waals surface area contributed by atoms with E-state index in [2.05, 4.69) is 24.6 Å². The van der Waals surface area contributed by atoms with Gasteiger partial charge in [-0.15, -0.1) is 0 Å². The van der Waals surface area contributed by atoms with E-state index < -0.39 is 14.2 Å². The summed E-state index contributed by atoms with van der Waals surface area (Å²) in [6.45, 7) is 6.22. The first-order valence-electron chi connectivity index (χ1n) is 5.27. The van der Waals surface area contributed by atoms with Gasteiger partial charge >= 0.3 is 0 Å². The molecule has 0 saturated heterocycles. The summed E-state index contributed by atoms with van der Waals surface area (Å²) in [5, 5.41) is 10.2. The fourth-order valence-electron chi connectivity index (χ4n) is 1.63. The summed E-state index contributed by atoms with van der Waals surface area (Å²) in [5.41, 5.74) is 0.460. The van der Waals surface area contributed by atoms with Crippen LogP contribution in [0.5, 0.6) is 0 Å². The normalized spacial score (nSPS) is 15.0. The average Bonchev–Trinajstić information content (AvgIpc) is 2.25. The third kappa shape index (κ3) is 3.13. The molecule has 1 rings (SSSR count). The lowest BCUT2D eigenvalue weighted by Gasteiger charge is -2.28. The van der Waals surface area contributed by atoms with Gasteiger partial charge in [0.15, 0.2) is 0 Å². The van der Waals surface area contributed by atoms with Crippen molar-refractivity contribution < 1.29 is 9.90 Å². The second kappa shape index (κ2) is 5.21. The smallest absolute Gasteiger partial charge is 0.235 e. The Labute approximate surface area is 96.9 Å². The van der Waals surface area contributed by atoms with Crippen LogP contribution in [0.3, 0.4) is 0 Å². The number of rotatable bonds is 4. The second-order valence-electron chi connectivity index (χ2n) is 4.89. The number of aliphatic hydroxyl groups is 1. The fourth-order valence-corrected chi connectivity index (χ4v) is 3.21. The standard InChI is InChI=1S/C12H17NO2Si/c1-16(2,3)12(13-9-14)11(15)10-7-5-4-6-8-10/h4-8,11-12,15H,1-3H3. The Balaban J connectivity index is 3.01. The Bertz CT molecular complexity index is 380. The maximum Gasteiger partial charge on any atom is 0.235 e. The van der Waals surface area contributed by atoms with Gasteiger partial charge in [0.05, 0.1) is 19.8 Å². The molecule has 2 unspecified atom stereocenters. The highest BCUT2D eigenvalue weighted by molar-refractivity contribution is 6.77. The molecule has 86 valence electrons. The largest absolute Gasteiger partial charge is 0.386 e. The summed E-state index contributed by atoms with van der Waals surface area (Å²) in [6.07, 6.45) is 0.861. The van der Waals surface area contributed by atoms with Crippen molar-refractivity contribution in [2.24, 2.45) is 4.99 Å². The molecule has 0 saturated carbocycles. The molecule has 0 aromatic heterocycles. The molecule has 0 radical (unpaired) electrons. The molecule has 1 N–H and O–H groups in total. The fraction of sp³-hybridized carbons (Fsp3) is 0.417. The first-order chi connectivity index (χ1) is 7.46. The van der Waals surface area contributed by atoms with Gasteiger partial charge in [0, 0.05) is 0 Å². The van der Waals surface area contributed by atoms with Gasteiger partial charge in [0.1, 0.15) is 0 Å². The molecule has 1 aromatic rings. The van der Waals surface area contributed by atoms with E-state index in [4.69, 9.17) is 0 Å². The van der Waals surface area contributed by atoms with E-state index in [9.17, 15) is 9.90 Å². The lowest BCUT2D eigenvalue weighted by atomic mass is 10.1. The predicted molar refractivity (Wildman–Crippen MR) is 66.7 cm³/mol. The van der Waals surface area contributed by atoms with E-state index in [-0.39, 0.29) is 5.67 Å². The van der Waals surface area contributed by atoms with Crippen LogP contribution >= 0.6 is 0 Å². The highest BCUT2D eigenvalue weighted by Crippen LogP contribution is 2.26. The Morgan fingerprint density at radius 2 is 1.81 bits per heavy atom. The van der Waals surface area contributed by atoms with Crippen LogP contribution in [0.2, 0.25) is 19.6 Å². The third-order valence-electron chi connectivity index (χ3n) is 2.52. The number of benzene rings is 1. The molecule has 2 atom stereocenters. The zero-order valence-electron chi connectivity index (χ0n) is 9.84. The van der Waals surface area contributed by atoms with Gasteiger partial charge in [0.2, 0.25) is 6.08 Å². The number of isocyanates is 1. The van der Waals surface area contributed by atoms with Crippen LogP contribution in [0, 0.1) is 0 Å². The second-order valence-corrected chi connectivity index (χ2v) is 10.2. The van der Waals surface area contributed by atoms with Crippen molar-refractivity contribution in [3.63, 3.8) is 0 Å². The van der Waals surface area contributed by atoms with Gasteiger partial charge in [-0.05, 0) is 5.56 Å². The number of carbonyl (C=O) groups excluding carboxylic acids is 1. The van der Waals surface area contributed by atoms with Gasteiger partial charge < -0.3 is 5.11 Å². The van der Waals surface area contributed by atoms with Crippen LogP contribution in [-0.4, -0.2) is 24.9 Å². The number of hydrogen-bond donors (Lipinski definition) is 1. The molecule has 0 aliphatic carbocycles. The zero-order chi connectivity index (χ0) is 12.2. The maximum absolute atomic E-state index is 10.4. The molecule has 0 bridgehead atoms. The van der Waals surface area contributed by atoms with Crippen LogP contribution in [0.1, 0.15) is 11.7 Å². The molecule has 1 aromatic carbocycles. The van der Waals surface area contributed by atoms with Gasteiger partial charge in [0.25, 0.3) is 0 Å². The number of aliphatic hydroxyl groups excluding tert-OH is 1. The lowest BCUT2D eigenvalue weighted by Crippen LogP contribution is -2.41. The first kappa shape index (κ1) is 12.8. The molecule has 3 nitrogen and oxygen atoms in total. The Morgan fingerprint density at radius 1 is 1.25 bits per heavy atom. The molecule has 0 fully saturated rings. The molecule has 0 aliphatic rings. The number of hydrogen-bond acceptors (Lipinski definition) is 3. The van der Waals surface area contributed by atoms with Crippen molar-refractivity contribution in [2.45, 2.75) is 31.4 Å². The molecule has 0 heterocycles. The van der Waals surface area contributed by atoms with Crippen LogP contribution in [0.15, 0.2) is 35.3 Å². The summed E-state index contributed by atoms with van der Waals surface area (Å²) in [7, 11) is -1.73. The van der Waals surface area contributed by atoms with Crippen molar-refractivity contribution in [3.05, 3.63) is 35.9 Å². The topological polar surface area (TPSA) is 49.7 Å². The monoisotopic (exact) mass is 235 g/mol. The zero-order valence-corrected chi connectivity index (χ0v) is 10.8. The van der Waals surface area contributed by atoms with Gasteiger partial charge in [-0.2, -0.15) is 0 Å². The molecule has 0 spiro atoms. The van der Waals surface area contributed by atoms with Gasteiger partial charge in [-0.1, -0.05) is 50.0 Å². The van der Waals surface area contributed by atoms with Crippen LogP contribution < -0.4 is 0 Å². The van der Waals surface area contributed by atoms with Crippen molar-refractivity contribution in [2.75, 3.05) is 0 Å². The summed E-state index contributed by atoms with van der Waals surface area (Å²) in [4.78, 5) is 14.2. The predicted octanol–water partition coefficient (Wildman–Crippen LogP) is 2.30. The Hall–Kier alpha value is -1.22. The van der Waals surface area contributed by atoms with E-state index in [0.29, 0.717) is 0 Å². The molecule has 0 amide bonds. The molecule has 16 heavy (non-hydrogen) atoms. The quantitative estimate of drug-likeness (QED) is 0.494. The SMILES string of the molecule is C[Si](C)(C)C(N=C=O)C(O)c1ccccc1. The third-order valence-corrected chi connectivity index (χ3v) is 4.74. The van der Waals surface area contributed by atoms with Crippen LogP contribution in [0.25, 0.3) is 0 Å². The number of nitrogens with zero attached hydrogens (tertiary/aromatic N) is 1. The average molecular weight is 235 g/mol. The summed E-state index contributed by atoms with van der Waals surface area (Å²) >= 11 is 0. The minimum Gasteiger partial charge on any atom is -0.386 e. The van der Waals surface area contributed by atoms with Gasteiger partial charge in [-0.3, -0.25) is 0 Å². The van der Waals surface area contributed by atoms with Crippen molar-refractivity contribution >= 4 is 14.2 Å². The van der Waals surface area contributed by atoms with E-state index in [0.717, 1.165) is 5.56 Å². The Kier molecular flexibility index (Phi) is 4.18. The lowest BCUT2D eigenvalue weighted by molar-refractivity contribution is 0.171. The summed E-state index contributed by atoms with van der Waals surface area (Å²) < 4.78 is 0. The highest BCUT2D eigenvalue weighted by Gasteiger charge is 2.33. The molecule has 0 aliphatic heterocycles. The van der Waals surface area contributed by atoms with E-state index in [1.807, 2.05) is 30.3 Å². The van der Waals surface area contributed by atoms with Crippen LogP contribution in [-0.2, 0) is 4.79 Å². The minimum absolute atomic E-state index is 0.340. The van der Waals surface area contributed by atoms with Crippen molar-refractivity contribution in [1.29, 1.82) is 0 Å². The van der Waals surface area contributed by atoms with Crippen molar-refractivity contribution in [3.8, 4) is 0 Å². The molecular weight excluding hydrogens is 218 g/mol. The van der Waals surface area contributed by atoms with Crippen molar-refractivity contribution in [1.82, 2.24) is 0 Å². The van der Waals surface area contributed by atoms with E-state index in [1.165, 1.54) is 0 Å². The summed E-state index contributed by atoms with van der Waals surface area (Å²) in [6, 6.07) is 9.31. The molecular formula is C12H17NO2Si. The molecule has 4 heteroatoms. The highest BCUT2D eigenvalue weighted by atomic mass is 28.3. The Morgan fingerprint density at radius 3 is 2.25 bits per heavy atom. The van der Waals surface area contributed by atoms with E-state index in [1.54, 1.807) is 6.08 Å². The van der Waals surface area contributed by atoms with Crippen LogP contribution in [0.4, 0.5) is 0 Å².